The van der Waals surface area contributed by atoms with Crippen LogP contribution >= 0.6 is 11.8 Å². The first-order valence-electron chi connectivity index (χ1n) is 6.01. The molecule has 0 spiro atoms. The fourth-order valence-corrected chi connectivity index (χ4v) is 2.50. The molecule has 0 bridgehead atoms. The Kier molecular flexibility index (Phi) is 5.61. The molecule has 7 heteroatoms. The third kappa shape index (κ3) is 3.46. The van der Waals surface area contributed by atoms with Crippen molar-refractivity contribution in [2.75, 3.05) is 19.3 Å². The molecule has 0 radical (unpaired) electrons. The lowest BCUT2D eigenvalue weighted by Gasteiger charge is -2.15. The molecule has 102 valence electrons. The van der Waals surface area contributed by atoms with Gasteiger partial charge in [0.15, 0.2) is 5.16 Å². The van der Waals surface area contributed by atoms with E-state index >= 15 is 0 Å². The molecule has 0 aromatic carbocycles. The highest BCUT2D eigenvalue weighted by Gasteiger charge is 2.16. The van der Waals surface area contributed by atoms with Crippen molar-refractivity contribution in [1.29, 1.82) is 0 Å². The van der Waals surface area contributed by atoms with Crippen molar-refractivity contribution in [1.82, 2.24) is 19.7 Å². The van der Waals surface area contributed by atoms with Crippen molar-refractivity contribution < 1.29 is 4.79 Å². The molecule has 0 saturated heterocycles. The van der Waals surface area contributed by atoms with Gasteiger partial charge in [0.05, 0.1) is 12.3 Å². The average Bonchev–Trinajstić information content (AvgIpc) is 2.77. The van der Waals surface area contributed by atoms with Crippen LogP contribution in [-0.2, 0) is 11.3 Å². The molecule has 0 aliphatic rings. The van der Waals surface area contributed by atoms with E-state index in [-0.39, 0.29) is 11.9 Å². The second kappa shape index (κ2) is 6.75. The van der Waals surface area contributed by atoms with E-state index in [2.05, 4.69) is 10.2 Å². The van der Waals surface area contributed by atoms with Crippen LogP contribution in [0.1, 0.15) is 32.6 Å². The quantitative estimate of drug-likeness (QED) is 0.777. The van der Waals surface area contributed by atoms with Gasteiger partial charge in [0.1, 0.15) is 5.82 Å². The van der Waals surface area contributed by atoms with Gasteiger partial charge < -0.3 is 15.2 Å². The van der Waals surface area contributed by atoms with Crippen molar-refractivity contribution in [2.24, 2.45) is 5.73 Å². The predicted octanol–water partition coefficient (Wildman–Crippen LogP) is 0.888. The van der Waals surface area contributed by atoms with E-state index in [1.165, 1.54) is 11.8 Å². The first-order chi connectivity index (χ1) is 8.51. The zero-order valence-electron chi connectivity index (χ0n) is 11.4. The number of amides is 1. The molecule has 0 atom stereocenters. The Balaban J connectivity index is 2.73. The normalized spacial score (nSPS) is 11.0. The van der Waals surface area contributed by atoms with Crippen LogP contribution in [0.15, 0.2) is 5.16 Å². The Morgan fingerprint density at radius 3 is 2.67 bits per heavy atom. The zero-order valence-corrected chi connectivity index (χ0v) is 12.2. The SMILES string of the molecule is CCN(C)C(=O)CSc1nnc(CN)n1C(C)C. The van der Waals surface area contributed by atoms with Crippen LogP contribution in [0, 0.1) is 0 Å². The van der Waals surface area contributed by atoms with Crippen LogP contribution in [0.2, 0.25) is 0 Å². The summed E-state index contributed by atoms with van der Waals surface area (Å²) in [6, 6.07) is 0.236. The topological polar surface area (TPSA) is 77.0 Å². The predicted molar refractivity (Wildman–Crippen MR) is 72.3 cm³/mol. The minimum absolute atomic E-state index is 0.0927. The van der Waals surface area contributed by atoms with Crippen LogP contribution in [0.3, 0.4) is 0 Å². The fourth-order valence-electron chi connectivity index (χ4n) is 1.48. The van der Waals surface area contributed by atoms with Crippen molar-refractivity contribution in [3.05, 3.63) is 5.82 Å². The summed E-state index contributed by atoms with van der Waals surface area (Å²) in [6.45, 7) is 7.11. The minimum atomic E-state index is 0.0927. The lowest BCUT2D eigenvalue weighted by molar-refractivity contribution is -0.126. The summed E-state index contributed by atoms with van der Waals surface area (Å²) in [5, 5.41) is 8.88. The van der Waals surface area contributed by atoms with Crippen LogP contribution in [0.25, 0.3) is 0 Å². The van der Waals surface area contributed by atoms with E-state index in [0.29, 0.717) is 18.8 Å². The second-order valence-electron chi connectivity index (χ2n) is 4.26. The van der Waals surface area contributed by atoms with Crippen LogP contribution in [-0.4, -0.2) is 44.9 Å². The standard InChI is InChI=1S/C11H21N5OS/c1-5-15(4)10(17)7-18-11-14-13-9(6-12)16(11)8(2)3/h8H,5-7,12H2,1-4H3. The van der Waals surface area contributed by atoms with E-state index < -0.39 is 0 Å². The highest BCUT2D eigenvalue weighted by atomic mass is 32.2. The van der Waals surface area contributed by atoms with Gasteiger partial charge in [0.2, 0.25) is 5.91 Å². The number of thioether (sulfide) groups is 1. The largest absolute Gasteiger partial charge is 0.345 e. The molecule has 1 amide bonds. The second-order valence-corrected chi connectivity index (χ2v) is 5.21. The number of rotatable bonds is 6. The Morgan fingerprint density at radius 1 is 1.50 bits per heavy atom. The van der Waals surface area contributed by atoms with Crippen molar-refractivity contribution >= 4 is 17.7 Å². The van der Waals surface area contributed by atoms with Gasteiger partial charge in [-0.2, -0.15) is 0 Å². The Hall–Kier alpha value is -1.08. The highest BCUT2D eigenvalue weighted by Crippen LogP contribution is 2.21. The van der Waals surface area contributed by atoms with Gasteiger partial charge >= 0.3 is 0 Å². The van der Waals surface area contributed by atoms with Gasteiger partial charge in [-0.05, 0) is 20.8 Å². The summed E-state index contributed by atoms with van der Waals surface area (Å²) < 4.78 is 1.98. The smallest absolute Gasteiger partial charge is 0.232 e. The third-order valence-corrected chi connectivity index (χ3v) is 3.59. The first-order valence-corrected chi connectivity index (χ1v) is 7.00. The summed E-state index contributed by atoms with van der Waals surface area (Å²) in [6.07, 6.45) is 0. The molecule has 1 aromatic heterocycles. The number of hydrogen-bond donors (Lipinski definition) is 1. The molecule has 18 heavy (non-hydrogen) atoms. The van der Waals surface area contributed by atoms with E-state index in [9.17, 15) is 4.79 Å². The number of carbonyl (C=O) groups excluding carboxylic acids is 1. The number of nitrogens with zero attached hydrogens (tertiary/aromatic N) is 4. The summed E-state index contributed by atoms with van der Waals surface area (Å²) >= 11 is 1.41. The lowest BCUT2D eigenvalue weighted by Crippen LogP contribution is -2.28. The molecular weight excluding hydrogens is 250 g/mol. The molecule has 6 nitrogen and oxygen atoms in total. The first kappa shape index (κ1) is 15.0. The van der Waals surface area contributed by atoms with Crippen molar-refractivity contribution in [3.8, 4) is 0 Å². The Bertz CT molecular complexity index is 404. The van der Waals surface area contributed by atoms with E-state index in [0.717, 1.165) is 11.0 Å². The van der Waals surface area contributed by atoms with Crippen molar-refractivity contribution in [2.45, 2.75) is 38.5 Å². The van der Waals surface area contributed by atoms with Crippen LogP contribution in [0.5, 0.6) is 0 Å². The molecule has 0 fully saturated rings. The lowest BCUT2D eigenvalue weighted by atomic mass is 10.4. The van der Waals surface area contributed by atoms with E-state index in [1.54, 1.807) is 11.9 Å². The van der Waals surface area contributed by atoms with E-state index in [4.69, 9.17) is 5.73 Å². The number of carbonyl (C=O) groups is 1. The van der Waals surface area contributed by atoms with E-state index in [1.807, 2.05) is 25.3 Å². The zero-order chi connectivity index (χ0) is 13.7. The summed E-state index contributed by atoms with van der Waals surface area (Å²) in [4.78, 5) is 13.4. The monoisotopic (exact) mass is 271 g/mol. The van der Waals surface area contributed by atoms with Crippen LogP contribution in [0.4, 0.5) is 0 Å². The highest BCUT2D eigenvalue weighted by molar-refractivity contribution is 7.99. The van der Waals surface area contributed by atoms with Gasteiger partial charge in [0.25, 0.3) is 0 Å². The Labute approximate surface area is 112 Å². The number of nitrogens with two attached hydrogens (primary N) is 1. The van der Waals surface area contributed by atoms with Gasteiger partial charge in [-0.3, -0.25) is 4.79 Å². The van der Waals surface area contributed by atoms with Gasteiger partial charge in [0, 0.05) is 19.6 Å². The molecule has 1 heterocycles. The Morgan fingerprint density at radius 2 is 2.17 bits per heavy atom. The molecule has 0 aliphatic carbocycles. The molecule has 0 aliphatic heterocycles. The molecule has 0 saturated carbocycles. The molecule has 2 N–H and O–H groups in total. The number of aromatic nitrogens is 3. The molecule has 0 unspecified atom stereocenters. The summed E-state index contributed by atoms with van der Waals surface area (Å²) in [5.41, 5.74) is 5.62. The third-order valence-electron chi connectivity index (χ3n) is 2.66. The van der Waals surface area contributed by atoms with Gasteiger partial charge in [-0.25, -0.2) is 0 Å². The maximum Gasteiger partial charge on any atom is 0.232 e. The minimum Gasteiger partial charge on any atom is -0.345 e. The van der Waals surface area contributed by atoms with Gasteiger partial charge in [-0.15, -0.1) is 10.2 Å². The maximum absolute atomic E-state index is 11.7. The van der Waals surface area contributed by atoms with Crippen LogP contribution < -0.4 is 5.73 Å². The fraction of sp³-hybridized carbons (Fsp3) is 0.727. The molecule has 1 rings (SSSR count). The number of hydrogen-bond acceptors (Lipinski definition) is 5. The molecule has 1 aromatic rings. The average molecular weight is 271 g/mol. The summed E-state index contributed by atoms with van der Waals surface area (Å²) in [5.74, 6) is 1.22. The molecular formula is C11H21N5OS. The van der Waals surface area contributed by atoms with Crippen molar-refractivity contribution in [3.63, 3.8) is 0 Å². The van der Waals surface area contributed by atoms with Gasteiger partial charge in [-0.1, -0.05) is 11.8 Å². The summed E-state index contributed by atoms with van der Waals surface area (Å²) in [7, 11) is 1.79. The maximum atomic E-state index is 11.7.